The zero-order chi connectivity index (χ0) is 24.8. The Morgan fingerprint density at radius 1 is 0.829 bits per heavy atom. The van der Waals surface area contributed by atoms with Crippen LogP contribution in [0.25, 0.3) is 0 Å². The maximum Gasteiger partial charge on any atom is 0.325 e. The van der Waals surface area contributed by atoms with E-state index in [2.05, 4.69) is 17.0 Å². The van der Waals surface area contributed by atoms with Crippen molar-refractivity contribution in [2.45, 2.75) is 38.9 Å². The third-order valence-electron chi connectivity index (χ3n) is 6.57. The molecule has 6 heteroatoms. The van der Waals surface area contributed by atoms with Crippen molar-refractivity contribution >= 4 is 23.5 Å². The second-order valence-corrected chi connectivity index (χ2v) is 9.09. The highest BCUT2D eigenvalue weighted by atomic mass is 35.5. The van der Waals surface area contributed by atoms with Gasteiger partial charge in [0.1, 0.15) is 0 Å². The van der Waals surface area contributed by atoms with Gasteiger partial charge >= 0.3 is 11.9 Å². The summed E-state index contributed by atoms with van der Waals surface area (Å²) in [5.41, 5.74) is 1.38. The molecule has 1 heterocycles. The molecule has 1 saturated heterocycles. The predicted octanol–water partition coefficient (Wildman–Crippen LogP) is 6.14. The minimum Gasteiger partial charge on any atom is -0.465 e. The third-order valence-corrected chi connectivity index (χ3v) is 6.82. The Morgan fingerprint density at radius 2 is 1.37 bits per heavy atom. The van der Waals surface area contributed by atoms with Gasteiger partial charge in [0.05, 0.1) is 19.3 Å². The number of esters is 2. The van der Waals surface area contributed by atoms with E-state index in [0.717, 1.165) is 16.7 Å². The minimum atomic E-state index is -1.53. The summed E-state index contributed by atoms with van der Waals surface area (Å²) in [6, 6.07) is 26.5. The average Bonchev–Trinajstić information content (AvgIpc) is 3.22. The van der Waals surface area contributed by atoms with Crippen LogP contribution in [-0.2, 0) is 25.6 Å². The van der Waals surface area contributed by atoms with E-state index in [1.165, 1.54) is 0 Å². The summed E-state index contributed by atoms with van der Waals surface area (Å²) in [5.74, 6) is -1.12. The molecule has 4 rings (SSSR count). The molecule has 0 aliphatic carbocycles. The number of benzene rings is 3. The van der Waals surface area contributed by atoms with Gasteiger partial charge in [0, 0.05) is 17.6 Å². The Morgan fingerprint density at radius 3 is 1.91 bits per heavy atom. The first-order valence-corrected chi connectivity index (χ1v) is 12.3. The minimum absolute atomic E-state index is 0.169. The number of rotatable bonds is 8. The quantitative estimate of drug-likeness (QED) is 0.280. The number of likely N-dealkylation sites (tertiary alicyclic amines) is 1. The first-order chi connectivity index (χ1) is 17.0. The molecular formula is C29H30ClNO4. The van der Waals surface area contributed by atoms with Crippen LogP contribution >= 0.6 is 11.6 Å². The molecule has 0 aromatic heterocycles. The highest BCUT2D eigenvalue weighted by molar-refractivity contribution is 6.30. The van der Waals surface area contributed by atoms with Crippen molar-refractivity contribution < 1.29 is 19.1 Å². The topological polar surface area (TPSA) is 55.8 Å². The Labute approximate surface area is 211 Å². The number of hydrogen-bond acceptors (Lipinski definition) is 5. The number of carbonyl (C=O) groups is 2. The van der Waals surface area contributed by atoms with Gasteiger partial charge in [-0.2, -0.15) is 0 Å². The molecule has 0 unspecified atom stereocenters. The highest BCUT2D eigenvalue weighted by Gasteiger charge is 2.64. The van der Waals surface area contributed by atoms with E-state index >= 15 is 0 Å². The molecule has 1 aliphatic heterocycles. The fraction of sp³-hybridized carbons (Fsp3) is 0.310. The summed E-state index contributed by atoms with van der Waals surface area (Å²) in [6.07, 6.45) is 0.245. The summed E-state index contributed by atoms with van der Waals surface area (Å²) >= 11 is 6.21. The van der Waals surface area contributed by atoms with Crippen LogP contribution in [0.5, 0.6) is 0 Å². The molecule has 1 aliphatic rings. The number of ether oxygens (including phenoxy) is 2. The van der Waals surface area contributed by atoms with Crippen LogP contribution in [0.4, 0.5) is 0 Å². The van der Waals surface area contributed by atoms with Crippen molar-refractivity contribution in [1.82, 2.24) is 4.90 Å². The molecular weight excluding hydrogens is 462 g/mol. The van der Waals surface area contributed by atoms with Gasteiger partial charge in [-0.25, -0.2) is 0 Å². The molecule has 0 bridgehead atoms. The van der Waals surface area contributed by atoms with Crippen LogP contribution in [0.15, 0.2) is 84.9 Å². The molecule has 35 heavy (non-hydrogen) atoms. The van der Waals surface area contributed by atoms with Crippen LogP contribution in [-0.4, -0.2) is 30.1 Å². The fourth-order valence-electron chi connectivity index (χ4n) is 5.09. The van der Waals surface area contributed by atoms with Gasteiger partial charge in [-0.15, -0.1) is 0 Å². The first kappa shape index (κ1) is 25.0. The number of halogens is 1. The molecule has 5 nitrogen and oxygen atoms in total. The molecule has 182 valence electrons. The van der Waals surface area contributed by atoms with Crippen LogP contribution in [0, 0.1) is 5.41 Å². The SMILES string of the molecule is CCOC(=O)C1(C(=O)OCC)C[C@H](c2ccccc2)N(Cc2ccccc2)[C@@H]1c1ccc(Cl)cc1. The Balaban J connectivity index is 1.94. The van der Waals surface area contributed by atoms with E-state index in [4.69, 9.17) is 21.1 Å². The Bertz CT molecular complexity index is 1120. The lowest BCUT2D eigenvalue weighted by atomic mass is 9.75. The molecule has 0 spiro atoms. The standard InChI is InChI=1S/C29H30ClNO4/c1-3-34-27(32)29(28(33)35-4-2)19-25(22-13-9-6-10-14-22)31(20-21-11-7-5-8-12-21)26(29)23-15-17-24(30)18-16-23/h5-18,25-26H,3-4,19-20H2,1-2H3/t25-,26-/m1/s1. The summed E-state index contributed by atoms with van der Waals surface area (Å²) in [4.78, 5) is 29.7. The molecule has 0 N–H and O–H groups in total. The maximum atomic E-state index is 13.7. The van der Waals surface area contributed by atoms with Crippen molar-refractivity contribution in [1.29, 1.82) is 0 Å². The number of carbonyl (C=O) groups excluding carboxylic acids is 2. The van der Waals surface area contributed by atoms with Crippen molar-refractivity contribution in [2.24, 2.45) is 5.41 Å². The molecule has 0 amide bonds. The smallest absolute Gasteiger partial charge is 0.325 e. The summed E-state index contributed by atoms with van der Waals surface area (Å²) < 4.78 is 11.1. The Kier molecular flexibility index (Phi) is 7.89. The van der Waals surface area contributed by atoms with E-state index in [1.807, 2.05) is 60.7 Å². The van der Waals surface area contributed by atoms with Gasteiger partial charge in [-0.3, -0.25) is 14.5 Å². The van der Waals surface area contributed by atoms with Gasteiger partial charge in [-0.05, 0) is 49.1 Å². The van der Waals surface area contributed by atoms with Crippen LogP contribution in [0.1, 0.15) is 49.0 Å². The molecule has 3 aromatic carbocycles. The van der Waals surface area contributed by atoms with Crippen molar-refractivity contribution in [3.63, 3.8) is 0 Å². The van der Waals surface area contributed by atoms with Crippen molar-refractivity contribution in [3.05, 3.63) is 107 Å². The lowest BCUT2D eigenvalue weighted by molar-refractivity contribution is -0.174. The fourth-order valence-corrected chi connectivity index (χ4v) is 5.22. The van der Waals surface area contributed by atoms with E-state index in [1.54, 1.807) is 26.0 Å². The Hall–Kier alpha value is -3.15. The highest BCUT2D eigenvalue weighted by Crippen LogP contribution is 2.57. The second-order valence-electron chi connectivity index (χ2n) is 8.65. The van der Waals surface area contributed by atoms with Gasteiger partial charge in [0.15, 0.2) is 5.41 Å². The summed E-state index contributed by atoms with van der Waals surface area (Å²) in [6.45, 7) is 4.37. The van der Waals surface area contributed by atoms with Gasteiger partial charge in [-0.1, -0.05) is 84.4 Å². The van der Waals surface area contributed by atoms with E-state index in [-0.39, 0.29) is 25.7 Å². The van der Waals surface area contributed by atoms with Gasteiger partial charge in [0.2, 0.25) is 0 Å². The van der Waals surface area contributed by atoms with E-state index in [0.29, 0.717) is 11.6 Å². The van der Waals surface area contributed by atoms with Crippen LogP contribution in [0.3, 0.4) is 0 Å². The molecule has 1 fully saturated rings. The first-order valence-electron chi connectivity index (χ1n) is 12.0. The molecule has 0 saturated carbocycles. The monoisotopic (exact) mass is 491 g/mol. The number of hydrogen-bond donors (Lipinski definition) is 0. The number of nitrogens with zero attached hydrogens (tertiary/aromatic N) is 1. The second kappa shape index (κ2) is 11.1. The van der Waals surface area contributed by atoms with Crippen LogP contribution < -0.4 is 0 Å². The normalized spacial score (nSPS) is 19.3. The van der Waals surface area contributed by atoms with Crippen LogP contribution in [0.2, 0.25) is 5.02 Å². The van der Waals surface area contributed by atoms with Gasteiger partial charge < -0.3 is 9.47 Å². The van der Waals surface area contributed by atoms with E-state index in [9.17, 15) is 9.59 Å². The summed E-state index contributed by atoms with van der Waals surface area (Å²) in [5, 5.41) is 0.582. The predicted molar refractivity (Wildman–Crippen MR) is 136 cm³/mol. The largest absolute Gasteiger partial charge is 0.465 e. The molecule has 0 radical (unpaired) electrons. The lowest BCUT2D eigenvalue weighted by Crippen LogP contribution is -2.46. The summed E-state index contributed by atoms with van der Waals surface area (Å²) in [7, 11) is 0. The molecule has 2 atom stereocenters. The van der Waals surface area contributed by atoms with Crippen molar-refractivity contribution in [2.75, 3.05) is 13.2 Å². The third kappa shape index (κ3) is 4.97. The zero-order valence-corrected chi connectivity index (χ0v) is 20.8. The van der Waals surface area contributed by atoms with Crippen molar-refractivity contribution in [3.8, 4) is 0 Å². The lowest BCUT2D eigenvalue weighted by Gasteiger charge is -2.36. The zero-order valence-electron chi connectivity index (χ0n) is 20.0. The average molecular weight is 492 g/mol. The maximum absolute atomic E-state index is 13.7. The molecule has 3 aromatic rings. The van der Waals surface area contributed by atoms with Gasteiger partial charge in [0.25, 0.3) is 0 Å². The van der Waals surface area contributed by atoms with E-state index < -0.39 is 23.4 Å².